The van der Waals surface area contributed by atoms with Gasteiger partial charge >= 0.3 is 11.4 Å². The van der Waals surface area contributed by atoms with Crippen LogP contribution in [0.25, 0.3) is 10.8 Å². The molecule has 0 saturated carbocycles. The SMILES string of the molecule is COc1ccc(N=Nc2c(S(=O)(=O)O)cc3cc(Nc4nc(=O)[nH]c(=O)[nH]4)ccc3c2O)c(S(=O)(=O)O)c1. The number of aromatic nitrogens is 3. The number of aromatic amines is 2. The Balaban J connectivity index is 1.85. The van der Waals surface area contributed by atoms with E-state index in [4.69, 9.17) is 4.74 Å². The number of phenols is 1. The predicted octanol–water partition coefficient (Wildman–Crippen LogP) is 1.98. The second kappa shape index (κ2) is 9.67. The molecule has 0 aliphatic carbocycles. The van der Waals surface area contributed by atoms with Crippen LogP contribution in [0.15, 0.2) is 72.1 Å². The highest BCUT2D eigenvalue weighted by Crippen LogP contribution is 2.42. The Labute approximate surface area is 212 Å². The number of H-pyrrole nitrogens is 2. The van der Waals surface area contributed by atoms with Crippen LogP contribution < -0.4 is 21.4 Å². The third-order valence-corrected chi connectivity index (χ3v) is 6.71. The fourth-order valence-electron chi connectivity index (χ4n) is 3.33. The van der Waals surface area contributed by atoms with Crippen molar-refractivity contribution in [3.8, 4) is 11.5 Å². The van der Waals surface area contributed by atoms with Crippen LogP contribution in [0.3, 0.4) is 0 Å². The smallest absolute Gasteiger partial charge is 0.352 e. The third kappa shape index (κ3) is 5.52. The molecule has 18 heteroatoms. The van der Waals surface area contributed by atoms with Gasteiger partial charge in [0.1, 0.15) is 26.9 Å². The van der Waals surface area contributed by atoms with Gasteiger partial charge < -0.3 is 15.2 Å². The monoisotopic (exact) mass is 564 g/mol. The number of benzene rings is 3. The Morgan fingerprint density at radius 3 is 2.26 bits per heavy atom. The van der Waals surface area contributed by atoms with E-state index in [2.05, 4.69) is 25.5 Å². The normalized spacial score (nSPS) is 12.2. The first-order chi connectivity index (χ1) is 17.8. The van der Waals surface area contributed by atoms with Gasteiger partial charge in [0.05, 0.1) is 7.11 Å². The van der Waals surface area contributed by atoms with E-state index >= 15 is 0 Å². The maximum atomic E-state index is 12.1. The van der Waals surface area contributed by atoms with Crippen molar-refractivity contribution in [1.82, 2.24) is 15.0 Å². The van der Waals surface area contributed by atoms with Gasteiger partial charge in [0.2, 0.25) is 5.95 Å². The molecule has 198 valence electrons. The minimum atomic E-state index is -5.01. The lowest BCUT2D eigenvalue weighted by Crippen LogP contribution is -2.25. The largest absolute Gasteiger partial charge is 0.505 e. The van der Waals surface area contributed by atoms with Crippen LogP contribution in [-0.2, 0) is 20.2 Å². The van der Waals surface area contributed by atoms with Crippen LogP contribution in [0.5, 0.6) is 11.5 Å². The number of anilines is 2. The molecule has 4 rings (SSSR count). The number of nitrogens with zero attached hydrogens (tertiary/aromatic N) is 3. The van der Waals surface area contributed by atoms with Crippen LogP contribution in [0, 0.1) is 0 Å². The molecule has 6 N–H and O–H groups in total. The fraction of sp³-hybridized carbons (Fsp3) is 0.0500. The highest BCUT2D eigenvalue weighted by Gasteiger charge is 2.23. The zero-order valence-corrected chi connectivity index (χ0v) is 20.5. The molecule has 0 atom stereocenters. The van der Waals surface area contributed by atoms with Gasteiger partial charge in [0.25, 0.3) is 20.2 Å². The third-order valence-electron chi connectivity index (χ3n) is 4.96. The van der Waals surface area contributed by atoms with Crippen molar-refractivity contribution in [2.45, 2.75) is 9.79 Å². The molecule has 1 aromatic heterocycles. The molecule has 0 fully saturated rings. The first-order valence-corrected chi connectivity index (χ1v) is 13.0. The maximum absolute atomic E-state index is 12.1. The topological polar surface area (TPSA) is 254 Å². The van der Waals surface area contributed by atoms with Crippen LogP contribution in [0.2, 0.25) is 0 Å². The Kier molecular flexibility index (Phi) is 6.72. The van der Waals surface area contributed by atoms with Gasteiger partial charge in [-0.15, -0.1) is 10.2 Å². The van der Waals surface area contributed by atoms with Gasteiger partial charge in [-0.05, 0) is 41.8 Å². The van der Waals surface area contributed by atoms with E-state index in [-0.39, 0.29) is 28.2 Å². The summed E-state index contributed by atoms with van der Waals surface area (Å²) in [6.45, 7) is 0. The zero-order valence-electron chi connectivity index (χ0n) is 18.9. The Bertz CT molecular complexity index is 1920. The summed E-state index contributed by atoms with van der Waals surface area (Å²) in [7, 11) is -8.56. The molecule has 0 radical (unpaired) electrons. The summed E-state index contributed by atoms with van der Waals surface area (Å²) in [6, 6.07) is 8.33. The van der Waals surface area contributed by atoms with E-state index in [1.54, 1.807) is 0 Å². The summed E-state index contributed by atoms with van der Waals surface area (Å²) in [5.41, 5.74) is -2.69. The number of aromatic hydroxyl groups is 1. The van der Waals surface area contributed by atoms with Crippen molar-refractivity contribution in [2.75, 3.05) is 12.4 Å². The number of ether oxygens (including phenoxy) is 1. The summed E-state index contributed by atoms with van der Waals surface area (Å²) in [5.74, 6) is -0.903. The lowest BCUT2D eigenvalue weighted by molar-refractivity contribution is 0.412. The van der Waals surface area contributed by atoms with Crippen molar-refractivity contribution < 1.29 is 35.8 Å². The van der Waals surface area contributed by atoms with Crippen LogP contribution in [0.4, 0.5) is 23.0 Å². The van der Waals surface area contributed by atoms with Crippen molar-refractivity contribution in [2.24, 2.45) is 10.2 Å². The van der Waals surface area contributed by atoms with Crippen molar-refractivity contribution in [3.05, 3.63) is 63.4 Å². The Morgan fingerprint density at radius 1 is 0.921 bits per heavy atom. The van der Waals surface area contributed by atoms with E-state index in [1.807, 2.05) is 4.98 Å². The molecule has 0 bridgehead atoms. The highest BCUT2D eigenvalue weighted by molar-refractivity contribution is 7.86. The highest BCUT2D eigenvalue weighted by atomic mass is 32.2. The molecule has 1 heterocycles. The molecule has 0 saturated heterocycles. The minimum Gasteiger partial charge on any atom is -0.505 e. The molecule has 0 unspecified atom stereocenters. The molecule has 0 aliphatic rings. The summed E-state index contributed by atoms with van der Waals surface area (Å²) < 4.78 is 71.9. The quantitative estimate of drug-likeness (QED) is 0.139. The van der Waals surface area contributed by atoms with Gasteiger partial charge in [-0.1, -0.05) is 0 Å². The van der Waals surface area contributed by atoms with Crippen LogP contribution in [-0.4, -0.2) is 53.1 Å². The number of methoxy groups -OCH3 is 1. The van der Waals surface area contributed by atoms with Crippen molar-refractivity contribution in [1.29, 1.82) is 0 Å². The van der Waals surface area contributed by atoms with Gasteiger partial charge in [0.15, 0.2) is 5.75 Å². The molecule has 0 spiro atoms. The van der Waals surface area contributed by atoms with Gasteiger partial charge in [-0.3, -0.25) is 19.1 Å². The average Bonchev–Trinajstić information content (AvgIpc) is 2.81. The lowest BCUT2D eigenvalue weighted by Gasteiger charge is -2.11. The first kappa shape index (κ1) is 26.4. The van der Waals surface area contributed by atoms with Crippen molar-refractivity contribution in [3.63, 3.8) is 0 Å². The fourth-order valence-corrected chi connectivity index (χ4v) is 4.62. The van der Waals surface area contributed by atoms with Crippen LogP contribution >= 0.6 is 0 Å². The standard InChI is InChI=1S/C20H16N6O10S2/c1-36-11-3-5-13(14(8-11)37(30,31)32)25-26-16-15(38(33,34)35)7-9-6-10(2-4-12(9)17(16)27)21-18-22-19(28)24-20(29)23-18/h2-8,27H,1H3,(H,30,31,32)(H,33,34,35)(H3,21,22,23,24,28,29). The Hall–Kier alpha value is -4.65. The molecule has 4 aromatic rings. The van der Waals surface area contributed by atoms with Gasteiger partial charge in [-0.25, -0.2) is 9.59 Å². The molecule has 3 aromatic carbocycles. The van der Waals surface area contributed by atoms with E-state index in [0.717, 1.165) is 18.2 Å². The molecular weight excluding hydrogens is 548 g/mol. The van der Waals surface area contributed by atoms with Gasteiger partial charge in [-0.2, -0.15) is 21.8 Å². The van der Waals surface area contributed by atoms with E-state index in [1.165, 1.54) is 31.4 Å². The summed E-state index contributed by atoms with van der Waals surface area (Å²) in [6.07, 6.45) is 0. The minimum absolute atomic E-state index is 0.0361. The van der Waals surface area contributed by atoms with Crippen LogP contribution in [0.1, 0.15) is 0 Å². The molecular formula is C20H16N6O10S2. The van der Waals surface area contributed by atoms with E-state index in [9.17, 15) is 40.6 Å². The predicted molar refractivity (Wildman–Crippen MR) is 131 cm³/mol. The number of nitrogens with one attached hydrogen (secondary N) is 3. The molecule has 0 aliphatic heterocycles. The number of rotatable bonds is 7. The second-order valence-corrected chi connectivity index (χ2v) is 10.2. The summed E-state index contributed by atoms with van der Waals surface area (Å²) >= 11 is 0. The zero-order chi connectivity index (χ0) is 27.8. The first-order valence-electron chi connectivity index (χ1n) is 10.1. The molecule has 0 amide bonds. The van der Waals surface area contributed by atoms with Crippen molar-refractivity contribution >= 4 is 54.0 Å². The molecule has 16 nitrogen and oxygen atoms in total. The maximum Gasteiger partial charge on any atom is 0.352 e. The van der Waals surface area contributed by atoms with Gasteiger partial charge in [0, 0.05) is 17.1 Å². The Morgan fingerprint density at radius 2 is 1.63 bits per heavy atom. The average molecular weight is 565 g/mol. The number of fused-ring (bicyclic) bond motifs is 1. The second-order valence-electron chi connectivity index (χ2n) is 7.46. The van der Waals surface area contributed by atoms with E-state index < -0.39 is 58.5 Å². The lowest BCUT2D eigenvalue weighted by atomic mass is 10.1. The number of hydrogen-bond donors (Lipinski definition) is 6. The molecule has 38 heavy (non-hydrogen) atoms. The number of azo groups is 1. The summed E-state index contributed by atoms with van der Waals surface area (Å²) in [5, 5.41) is 20.8. The number of phenolic OH excluding ortho intramolecular Hbond substituents is 1. The number of hydrogen-bond acceptors (Lipinski definition) is 12. The summed E-state index contributed by atoms with van der Waals surface area (Å²) in [4.78, 5) is 28.9. The van der Waals surface area contributed by atoms with E-state index in [0.29, 0.717) is 0 Å².